The van der Waals surface area contributed by atoms with Crippen LogP contribution in [0.3, 0.4) is 0 Å². The Morgan fingerprint density at radius 2 is 1.94 bits per heavy atom. The average molecular weight is 486 g/mol. The van der Waals surface area contributed by atoms with Gasteiger partial charge >= 0.3 is 0 Å². The lowest BCUT2D eigenvalue weighted by atomic mass is 9.73. The first-order valence-corrected chi connectivity index (χ1v) is 12.5. The minimum absolute atomic E-state index is 0.0725. The molecule has 3 aromatic rings. The number of rotatable bonds is 5. The van der Waals surface area contributed by atoms with E-state index < -0.39 is 5.92 Å². The number of carbonyl (C=O) groups excluding carboxylic acids is 2. The molecule has 1 amide bonds. The van der Waals surface area contributed by atoms with Crippen molar-refractivity contribution in [3.8, 4) is 5.75 Å². The molecule has 35 heavy (non-hydrogen) atoms. The zero-order valence-electron chi connectivity index (χ0n) is 19.9. The second-order valence-electron chi connectivity index (χ2n) is 8.98. The number of nitrogens with zero attached hydrogens (tertiary/aromatic N) is 1. The van der Waals surface area contributed by atoms with Crippen LogP contribution in [0.2, 0.25) is 0 Å². The maximum atomic E-state index is 13.6. The molecule has 0 spiro atoms. The number of carbonyl (C=O) groups is 2. The van der Waals surface area contributed by atoms with Crippen LogP contribution in [0, 0.1) is 6.92 Å². The largest absolute Gasteiger partial charge is 0.497 e. The molecule has 2 atom stereocenters. The number of hydrogen-bond donors (Lipinski definition) is 2. The number of ketones is 1. The molecular formula is C28H27N3O3S. The fourth-order valence-electron chi connectivity index (χ4n) is 4.98. The van der Waals surface area contributed by atoms with Gasteiger partial charge in [0.05, 0.1) is 13.0 Å². The molecule has 0 saturated carbocycles. The summed E-state index contributed by atoms with van der Waals surface area (Å²) in [6, 6.07) is 15.6. The number of pyridine rings is 1. The normalized spacial score (nSPS) is 19.8. The molecular weight excluding hydrogens is 458 g/mol. The van der Waals surface area contributed by atoms with Gasteiger partial charge < -0.3 is 15.4 Å². The van der Waals surface area contributed by atoms with Crippen molar-refractivity contribution in [2.45, 2.75) is 38.5 Å². The van der Waals surface area contributed by atoms with Gasteiger partial charge in [-0.05, 0) is 73.0 Å². The van der Waals surface area contributed by atoms with E-state index in [9.17, 15) is 9.59 Å². The number of dihydropyridines is 1. The van der Waals surface area contributed by atoms with Gasteiger partial charge in [0, 0.05) is 40.0 Å². The van der Waals surface area contributed by atoms with Crippen LogP contribution in [0.15, 0.2) is 82.6 Å². The van der Waals surface area contributed by atoms with E-state index in [1.807, 2.05) is 67.8 Å². The highest BCUT2D eigenvalue weighted by Crippen LogP contribution is 2.46. The third-order valence-corrected chi connectivity index (χ3v) is 7.58. The zero-order chi connectivity index (χ0) is 24.5. The first-order chi connectivity index (χ1) is 16.9. The van der Waals surface area contributed by atoms with Gasteiger partial charge in [-0.2, -0.15) is 0 Å². The highest BCUT2D eigenvalue weighted by Gasteiger charge is 2.41. The summed E-state index contributed by atoms with van der Waals surface area (Å²) in [5.74, 6) is 0.785. The maximum absolute atomic E-state index is 13.6. The summed E-state index contributed by atoms with van der Waals surface area (Å²) in [5.41, 5.74) is 5.04. The van der Waals surface area contributed by atoms with E-state index in [0.29, 0.717) is 29.8 Å². The number of thiophene rings is 1. The van der Waals surface area contributed by atoms with Crippen molar-refractivity contribution < 1.29 is 14.3 Å². The van der Waals surface area contributed by atoms with Crippen LogP contribution in [0.5, 0.6) is 5.75 Å². The van der Waals surface area contributed by atoms with Crippen molar-refractivity contribution in [2.75, 3.05) is 12.4 Å². The predicted octanol–water partition coefficient (Wildman–Crippen LogP) is 5.46. The second-order valence-corrected chi connectivity index (χ2v) is 9.96. The molecule has 1 aliphatic heterocycles. The van der Waals surface area contributed by atoms with E-state index in [4.69, 9.17) is 4.74 Å². The summed E-state index contributed by atoms with van der Waals surface area (Å²) in [4.78, 5) is 32.4. The Labute approximate surface area is 208 Å². The van der Waals surface area contributed by atoms with E-state index in [2.05, 4.69) is 15.6 Å². The van der Waals surface area contributed by atoms with Crippen molar-refractivity contribution >= 4 is 28.8 Å². The van der Waals surface area contributed by atoms with Crippen molar-refractivity contribution in [1.82, 2.24) is 10.3 Å². The molecule has 2 aliphatic rings. The predicted molar refractivity (Wildman–Crippen MR) is 138 cm³/mol. The lowest BCUT2D eigenvalue weighted by Crippen LogP contribution is -2.36. The van der Waals surface area contributed by atoms with Crippen LogP contribution in [0.1, 0.15) is 47.6 Å². The number of methoxy groups -OCH3 is 1. The minimum Gasteiger partial charge on any atom is -0.497 e. The van der Waals surface area contributed by atoms with Crippen molar-refractivity contribution in [1.29, 1.82) is 0 Å². The summed E-state index contributed by atoms with van der Waals surface area (Å²) in [6.45, 7) is 3.86. The standard InChI is InChI=1S/C28H27N3O3S/c1-16-10-11-29-24(13-16)31-28(33)25-17(2)30-21-14-19(18-6-8-20(34-3)9-7-18)15-22(32)26(21)27(25)23-5-4-12-35-23/h4-13,19,27,30H,14-15H2,1-3H3,(H,29,31,33). The fraction of sp³-hybridized carbons (Fsp3) is 0.250. The number of allylic oxidation sites excluding steroid dienone is 3. The van der Waals surface area contributed by atoms with Crippen molar-refractivity contribution in [3.05, 3.63) is 98.7 Å². The van der Waals surface area contributed by atoms with E-state index in [1.165, 1.54) is 0 Å². The van der Waals surface area contributed by atoms with Gasteiger partial charge in [0.2, 0.25) is 0 Å². The van der Waals surface area contributed by atoms with E-state index in [-0.39, 0.29) is 17.6 Å². The zero-order valence-corrected chi connectivity index (χ0v) is 20.7. The number of benzene rings is 1. The number of hydrogen-bond acceptors (Lipinski definition) is 6. The van der Waals surface area contributed by atoms with Crippen LogP contribution < -0.4 is 15.4 Å². The average Bonchev–Trinajstić information content (AvgIpc) is 3.38. The lowest BCUT2D eigenvalue weighted by molar-refractivity contribution is -0.116. The Bertz CT molecular complexity index is 1340. The molecule has 6 nitrogen and oxygen atoms in total. The molecule has 3 heterocycles. The summed E-state index contributed by atoms with van der Waals surface area (Å²) in [5, 5.41) is 8.35. The van der Waals surface area contributed by atoms with Crippen LogP contribution in [0.4, 0.5) is 5.82 Å². The molecule has 178 valence electrons. The second kappa shape index (κ2) is 9.50. The van der Waals surface area contributed by atoms with Crippen molar-refractivity contribution in [2.24, 2.45) is 0 Å². The Kier molecular flexibility index (Phi) is 6.26. The van der Waals surface area contributed by atoms with Gasteiger partial charge in [-0.25, -0.2) is 4.98 Å². The van der Waals surface area contributed by atoms with E-state index in [0.717, 1.165) is 33.1 Å². The molecule has 2 aromatic heterocycles. The van der Waals surface area contributed by atoms with Gasteiger partial charge in [0.15, 0.2) is 5.78 Å². The summed E-state index contributed by atoms with van der Waals surface area (Å²) in [7, 11) is 1.64. The van der Waals surface area contributed by atoms with Crippen LogP contribution in [-0.4, -0.2) is 23.8 Å². The fourth-order valence-corrected chi connectivity index (χ4v) is 5.82. The van der Waals surface area contributed by atoms with Crippen LogP contribution >= 0.6 is 11.3 Å². The number of amides is 1. The first-order valence-electron chi connectivity index (χ1n) is 11.6. The Balaban J connectivity index is 1.50. The molecule has 2 N–H and O–H groups in total. The third kappa shape index (κ3) is 4.51. The number of Topliss-reactive ketones (excluding diaryl/α,β-unsaturated/α-hetero) is 1. The number of nitrogens with one attached hydrogen (secondary N) is 2. The van der Waals surface area contributed by atoms with Gasteiger partial charge in [-0.3, -0.25) is 9.59 Å². The smallest absolute Gasteiger partial charge is 0.255 e. The Hall–Kier alpha value is -3.71. The number of anilines is 1. The van der Waals surface area contributed by atoms with Gasteiger partial charge in [-0.1, -0.05) is 18.2 Å². The summed E-state index contributed by atoms with van der Waals surface area (Å²) < 4.78 is 5.28. The van der Waals surface area contributed by atoms with Crippen LogP contribution in [0.25, 0.3) is 0 Å². The molecule has 0 saturated heterocycles. The topological polar surface area (TPSA) is 80.3 Å². The van der Waals surface area contributed by atoms with E-state index >= 15 is 0 Å². The highest BCUT2D eigenvalue weighted by molar-refractivity contribution is 7.10. The summed E-state index contributed by atoms with van der Waals surface area (Å²) in [6.07, 6.45) is 2.79. The Morgan fingerprint density at radius 1 is 1.14 bits per heavy atom. The summed E-state index contributed by atoms with van der Waals surface area (Å²) >= 11 is 1.56. The molecule has 7 heteroatoms. The minimum atomic E-state index is -0.402. The highest BCUT2D eigenvalue weighted by atomic mass is 32.1. The molecule has 1 aromatic carbocycles. The number of aromatic nitrogens is 1. The molecule has 0 bridgehead atoms. The van der Waals surface area contributed by atoms with Gasteiger partial charge in [0.1, 0.15) is 11.6 Å². The molecule has 2 unspecified atom stereocenters. The lowest BCUT2D eigenvalue weighted by Gasteiger charge is -2.36. The van der Waals surface area contributed by atoms with Gasteiger partial charge in [0.25, 0.3) is 5.91 Å². The van der Waals surface area contributed by atoms with E-state index in [1.54, 1.807) is 24.6 Å². The van der Waals surface area contributed by atoms with Crippen LogP contribution in [-0.2, 0) is 9.59 Å². The van der Waals surface area contributed by atoms with Gasteiger partial charge in [-0.15, -0.1) is 11.3 Å². The molecule has 1 aliphatic carbocycles. The van der Waals surface area contributed by atoms with Crippen molar-refractivity contribution in [3.63, 3.8) is 0 Å². The molecule has 0 radical (unpaired) electrons. The third-order valence-electron chi connectivity index (χ3n) is 6.64. The monoisotopic (exact) mass is 485 g/mol. The Morgan fingerprint density at radius 3 is 2.63 bits per heavy atom. The quantitative estimate of drug-likeness (QED) is 0.502. The number of ether oxygens (including phenoxy) is 1. The molecule has 0 fully saturated rings. The first kappa shape index (κ1) is 23.1. The number of aryl methyl sites for hydroxylation is 1. The molecule has 5 rings (SSSR count). The maximum Gasteiger partial charge on any atom is 0.255 e. The SMILES string of the molecule is COc1ccc(C2CC(=O)C3=C(C2)NC(C)=C(C(=O)Nc2cc(C)ccn2)C3c2cccs2)cc1.